The van der Waals surface area contributed by atoms with Crippen LogP contribution in [-0.4, -0.2) is 69.0 Å². The molecule has 0 bridgehead atoms. The highest BCUT2D eigenvalue weighted by molar-refractivity contribution is 6.27. The molecule has 0 saturated carbocycles. The van der Waals surface area contributed by atoms with E-state index in [0.29, 0.717) is 0 Å². The van der Waals surface area contributed by atoms with E-state index < -0.39 is 18.0 Å². The van der Waals surface area contributed by atoms with Crippen molar-refractivity contribution in [3.8, 4) is 0 Å². The molecule has 0 fully saturated rings. The van der Waals surface area contributed by atoms with Crippen molar-refractivity contribution in [2.45, 2.75) is 6.10 Å². The number of carboxylic acids is 2. The average Bonchev–Trinajstić information content (AvgIpc) is 2.20. The number of carbonyl (C=O) groups is 2. The first-order valence-corrected chi connectivity index (χ1v) is 3.26. The maximum absolute atomic E-state index is 9.10. The van der Waals surface area contributed by atoms with Gasteiger partial charge in [-0.05, 0) is 0 Å². The minimum Gasteiger partial charge on any atom is -0.473 e. The van der Waals surface area contributed by atoms with Crippen LogP contribution in [0.2, 0.25) is 0 Å². The van der Waals surface area contributed by atoms with Crippen LogP contribution in [0.25, 0.3) is 0 Å². The molecule has 0 amide bonds. The van der Waals surface area contributed by atoms with Crippen LogP contribution in [0.15, 0.2) is 0 Å². The summed E-state index contributed by atoms with van der Waals surface area (Å²) in [5, 5.41) is 45.8. The lowest BCUT2D eigenvalue weighted by atomic mass is 10.4. The molecule has 0 unspecified atom stereocenters. The molecular weight excluding hydrogens is 200 g/mol. The highest BCUT2D eigenvalue weighted by Gasteiger charge is 2.04. The van der Waals surface area contributed by atoms with Crippen molar-refractivity contribution in [3.63, 3.8) is 0 Å². The Hall–Kier alpha value is -1.22. The van der Waals surface area contributed by atoms with Crippen LogP contribution in [0.1, 0.15) is 0 Å². The van der Waals surface area contributed by atoms with Gasteiger partial charge in [0.25, 0.3) is 0 Å². The van der Waals surface area contributed by atoms with E-state index in [4.69, 9.17) is 40.2 Å². The number of rotatable bonds is 2. The lowest BCUT2D eigenvalue weighted by molar-refractivity contribution is -0.159. The molecule has 0 saturated heterocycles. The first-order valence-electron chi connectivity index (χ1n) is 3.26. The molecule has 0 heterocycles. The maximum Gasteiger partial charge on any atom is 0.414 e. The van der Waals surface area contributed by atoms with Gasteiger partial charge in [0.2, 0.25) is 0 Å². The standard InChI is InChI=1S/C3H8O3.C2H2O4.CH4O/c4-1-3(6)2-5;3-1(4)2(5)6;1-2/h3-6H,1-2H2;(H,3,4)(H,5,6);2H,1H3. The van der Waals surface area contributed by atoms with Gasteiger partial charge in [-0.25, -0.2) is 9.59 Å². The van der Waals surface area contributed by atoms with Gasteiger partial charge in [-0.15, -0.1) is 0 Å². The molecule has 0 aromatic carbocycles. The SMILES string of the molecule is CO.O=C(O)C(=O)O.OCC(O)CO. The van der Waals surface area contributed by atoms with Gasteiger partial charge in [-0.3, -0.25) is 0 Å². The molecule has 0 radical (unpaired) electrons. The highest BCUT2D eigenvalue weighted by atomic mass is 16.4. The first kappa shape index (κ1) is 18.5. The second kappa shape index (κ2) is 14.3. The van der Waals surface area contributed by atoms with E-state index >= 15 is 0 Å². The summed E-state index contributed by atoms with van der Waals surface area (Å²) in [6.45, 7) is -0.729. The Morgan fingerprint density at radius 1 is 1.00 bits per heavy atom. The zero-order chi connectivity index (χ0) is 12.1. The quantitative estimate of drug-likeness (QED) is 0.267. The Bertz CT molecular complexity index is 129. The number of carboxylic acid groups (broad SMARTS) is 2. The smallest absolute Gasteiger partial charge is 0.414 e. The van der Waals surface area contributed by atoms with Crippen molar-refractivity contribution >= 4 is 11.9 Å². The van der Waals surface area contributed by atoms with Crippen LogP contribution >= 0.6 is 0 Å². The lowest BCUT2D eigenvalue weighted by Gasteiger charge is -1.96. The van der Waals surface area contributed by atoms with E-state index in [1.807, 2.05) is 0 Å². The lowest BCUT2D eigenvalue weighted by Crippen LogP contribution is -2.15. The fraction of sp³-hybridized carbons (Fsp3) is 0.667. The molecule has 0 aromatic rings. The number of hydrogen-bond acceptors (Lipinski definition) is 6. The number of aliphatic hydroxyl groups excluding tert-OH is 4. The van der Waals surface area contributed by atoms with Gasteiger partial charge in [0, 0.05) is 7.11 Å². The van der Waals surface area contributed by atoms with Gasteiger partial charge in [-0.1, -0.05) is 0 Å². The van der Waals surface area contributed by atoms with Gasteiger partial charge in [0.15, 0.2) is 0 Å². The summed E-state index contributed by atoms with van der Waals surface area (Å²) in [5.74, 6) is -3.65. The molecule has 0 spiro atoms. The van der Waals surface area contributed by atoms with E-state index in [1.165, 1.54) is 0 Å². The fourth-order valence-corrected chi connectivity index (χ4v) is 0.0577. The summed E-state index contributed by atoms with van der Waals surface area (Å²) < 4.78 is 0. The monoisotopic (exact) mass is 214 g/mol. The minimum absolute atomic E-state index is 0.365. The zero-order valence-electron chi connectivity index (χ0n) is 7.49. The van der Waals surface area contributed by atoms with Gasteiger partial charge < -0.3 is 30.6 Å². The van der Waals surface area contributed by atoms with Crippen LogP contribution < -0.4 is 0 Å². The molecule has 0 aliphatic heterocycles. The third-order valence-electron chi connectivity index (χ3n) is 0.604. The number of hydrogen-bond donors (Lipinski definition) is 6. The summed E-state index contributed by atoms with van der Waals surface area (Å²) >= 11 is 0. The van der Waals surface area contributed by atoms with Gasteiger partial charge in [-0.2, -0.15) is 0 Å². The van der Waals surface area contributed by atoms with Crippen molar-refractivity contribution in [1.29, 1.82) is 0 Å². The molecule has 0 aliphatic carbocycles. The normalized spacial score (nSPS) is 7.86. The third-order valence-corrected chi connectivity index (χ3v) is 0.604. The second-order valence-electron chi connectivity index (χ2n) is 1.63. The Balaban J connectivity index is -0.000000147. The van der Waals surface area contributed by atoms with Gasteiger partial charge in [0.1, 0.15) is 6.10 Å². The topological polar surface area (TPSA) is 156 Å². The van der Waals surface area contributed by atoms with E-state index in [1.54, 1.807) is 0 Å². The van der Waals surface area contributed by atoms with E-state index in [0.717, 1.165) is 7.11 Å². The highest BCUT2D eigenvalue weighted by Crippen LogP contribution is 1.71. The Morgan fingerprint density at radius 3 is 1.21 bits per heavy atom. The molecule has 0 atom stereocenters. The summed E-state index contributed by atoms with van der Waals surface area (Å²) in [4.78, 5) is 18.2. The van der Waals surface area contributed by atoms with E-state index in [-0.39, 0.29) is 13.2 Å². The largest absolute Gasteiger partial charge is 0.473 e. The van der Waals surface area contributed by atoms with Crippen molar-refractivity contribution < 1.29 is 40.2 Å². The molecule has 86 valence electrons. The van der Waals surface area contributed by atoms with Crippen LogP contribution in [0.3, 0.4) is 0 Å². The summed E-state index contributed by atoms with van der Waals surface area (Å²) in [7, 11) is 1.00. The Kier molecular flexibility index (Phi) is 19.0. The molecule has 0 aliphatic rings. The minimum atomic E-state index is -1.82. The van der Waals surface area contributed by atoms with Crippen molar-refractivity contribution in [2.24, 2.45) is 0 Å². The summed E-state index contributed by atoms with van der Waals surface area (Å²) in [5.41, 5.74) is 0. The molecular formula is C6H14O8. The summed E-state index contributed by atoms with van der Waals surface area (Å²) in [6, 6.07) is 0. The second-order valence-corrected chi connectivity index (χ2v) is 1.63. The molecule has 0 aromatic heterocycles. The van der Waals surface area contributed by atoms with Gasteiger partial charge in [0.05, 0.1) is 13.2 Å². The maximum atomic E-state index is 9.10. The zero-order valence-corrected chi connectivity index (χ0v) is 7.49. The third kappa shape index (κ3) is 22.4. The number of aliphatic carboxylic acids is 2. The Morgan fingerprint density at radius 2 is 1.21 bits per heavy atom. The molecule has 8 heteroatoms. The average molecular weight is 214 g/mol. The first-order chi connectivity index (χ1) is 6.45. The molecule has 8 nitrogen and oxygen atoms in total. The predicted molar refractivity (Wildman–Crippen MR) is 43.6 cm³/mol. The molecule has 6 N–H and O–H groups in total. The molecule has 0 rings (SSSR count). The van der Waals surface area contributed by atoms with Crippen molar-refractivity contribution in [3.05, 3.63) is 0 Å². The predicted octanol–water partition coefficient (Wildman–Crippen LogP) is -2.90. The molecule has 14 heavy (non-hydrogen) atoms. The van der Waals surface area contributed by atoms with Crippen molar-refractivity contribution in [2.75, 3.05) is 20.3 Å². The summed E-state index contributed by atoms with van der Waals surface area (Å²) in [6.07, 6.45) is -0.954. The fourth-order valence-electron chi connectivity index (χ4n) is 0.0577. The van der Waals surface area contributed by atoms with Crippen LogP contribution in [0.4, 0.5) is 0 Å². The van der Waals surface area contributed by atoms with Crippen LogP contribution in [0.5, 0.6) is 0 Å². The van der Waals surface area contributed by atoms with Gasteiger partial charge >= 0.3 is 11.9 Å². The van der Waals surface area contributed by atoms with E-state index in [9.17, 15) is 0 Å². The number of aliphatic hydroxyl groups is 4. The van der Waals surface area contributed by atoms with Crippen LogP contribution in [-0.2, 0) is 9.59 Å². The Labute approximate surface area is 79.7 Å². The van der Waals surface area contributed by atoms with Crippen LogP contribution in [0, 0.1) is 0 Å². The van der Waals surface area contributed by atoms with Crippen molar-refractivity contribution in [1.82, 2.24) is 0 Å². The van der Waals surface area contributed by atoms with E-state index in [2.05, 4.69) is 0 Å².